The molecule has 0 atom stereocenters. The summed E-state index contributed by atoms with van der Waals surface area (Å²) in [6.45, 7) is 2.43. The van der Waals surface area contributed by atoms with Gasteiger partial charge in [0.05, 0.1) is 16.8 Å². The first kappa shape index (κ1) is 28.0. The second-order valence-electron chi connectivity index (χ2n) is 8.77. The Morgan fingerprint density at radius 1 is 1.07 bits per heavy atom. The molecular weight excluding hydrogens is 521 g/mol. The van der Waals surface area contributed by atoms with E-state index >= 15 is 0 Å². The highest BCUT2D eigenvalue weighted by Gasteiger charge is 2.30. The summed E-state index contributed by atoms with van der Waals surface area (Å²) < 4.78 is 39.1. The quantitative estimate of drug-likeness (QED) is 0.167. The van der Waals surface area contributed by atoms with Gasteiger partial charge in [-0.25, -0.2) is 9.98 Å². The normalized spacial score (nSPS) is 11.7. The molecule has 0 saturated heterocycles. The smallest absolute Gasteiger partial charge is 0.383 e. The van der Waals surface area contributed by atoms with Crippen LogP contribution in [-0.4, -0.2) is 40.3 Å². The van der Waals surface area contributed by atoms with Crippen LogP contribution in [0.5, 0.6) is 0 Å². The van der Waals surface area contributed by atoms with Crippen LogP contribution in [0.4, 0.5) is 36.3 Å². The number of nitrogens with one attached hydrogen (secondary N) is 3. The van der Waals surface area contributed by atoms with Crippen molar-refractivity contribution in [1.82, 2.24) is 15.0 Å². The number of pyridine rings is 1. The van der Waals surface area contributed by atoms with E-state index in [1.165, 1.54) is 12.1 Å². The summed E-state index contributed by atoms with van der Waals surface area (Å²) in [7, 11) is 1.70. The fourth-order valence-corrected chi connectivity index (χ4v) is 3.75. The largest absolute Gasteiger partial charge is 0.416 e. The molecule has 9 nitrogen and oxygen atoms in total. The van der Waals surface area contributed by atoms with Crippen LogP contribution in [0.1, 0.15) is 32.6 Å². The fraction of sp³-hybridized carbons (Fsp3) is 0.179. The molecular formula is C28H27F3N8O. The van der Waals surface area contributed by atoms with Crippen molar-refractivity contribution in [2.45, 2.75) is 19.5 Å². The Morgan fingerprint density at radius 2 is 1.85 bits per heavy atom. The minimum absolute atomic E-state index is 0.120. The van der Waals surface area contributed by atoms with Crippen LogP contribution < -0.4 is 21.7 Å². The molecule has 40 heavy (non-hydrogen) atoms. The van der Waals surface area contributed by atoms with E-state index in [9.17, 15) is 18.0 Å². The topological polar surface area (TPSA) is 130 Å². The number of benzene rings is 2. The number of hydrogen-bond acceptors (Lipinski definition) is 7. The number of nitrogens with two attached hydrogens (primary N) is 1. The summed E-state index contributed by atoms with van der Waals surface area (Å²) in [5.74, 6) is 0.340. The van der Waals surface area contributed by atoms with Gasteiger partial charge in [-0.3, -0.25) is 9.78 Å². The molecule has 2 heterocycles. The van der Waals surface area contributed by atoms with Gasteiger partial charge in [0.25, 0.3) is 5.91 Å². The molecule has 0 bridgehead atoms. The SMILES string of the molecule is CNc1nc(NCCc2ccncc2)ncc1C(N)=Nc1cc(NC(=O)c2cccc(C(F)(F)F)c2)ccc1C. The zero-order valence-electron chi connectivity index (χ0n) is 21.8. The molecule has 2 aromatic heterocycles. The molecule has 0 aliphatic rings. The van der Waals surface area contributed by atoms with E-state index < -0.39 is 17.6 Å². The lowest BCUT2D eigenvalue weighted by Gasteiger charge is -2.12. The number of carbonyl (C=O) groups excluding carboxylic acids is 1. The van der Waals surface area contributed by atoms with Crippen molar-refractivity contribution in [1.29, 1.82) is 0 Å². The number of rotatable bonds is 9. The number of aliphatic imine (C=N–C) groups is 1. The van der Waals surface area contributed by atoms with Crippen LogP contribution in [0, 0.1) is 6.92 Å². The number of hydrogen-bond donors (Lipinski definition) is 4. The van der Waals surface area contributed by atoms with Gasteiger partial charge in [0.1, 0.15) is 11.7 Å². The number of nitrogens with zero attached hydrogens (tertiary/aromatic N) is 4. The Bertz CT molecular complexity index is 1520. The van der Waals surface area contributed by atoms with E-state index in [4.69, 9.17) is 5.73 Å². The number of alkyl halides is 3. The molecule has 0 aliphatic heterocycles. The number of carbonyl (C=O) groups is 1. The predicted molar refractivity (Wildman–Crippen MR) is 149 cm³/mol. The van der Waals surface area contributed by atoms with Crippen molar-refractivity contribution in [3.63, 3.8) is 0 Å². The lowest BCUT2D eigenvalue weighted by Crippen LogP contribution is -2.18. The molecule has 0 spiro atoms. The number of halogens is 3. The number of aromatic nitrogens is 3. The number of amides is 1. The maximum atomic E-state index is 13.0. The van der Waals surface area contributed by atoms with Crippen LogP contribution in [0.2, 0.25) is 0 Å². The third-order valence-electron chi connectivity index (χ3n) is 5.91. The Labute approximate surface area is 228 Å². The van der Waals surface area contributed by atoms with Crippen LogP contribution >= 0.6 is 0 Å². The van der Waals surface area contributed by atoms with Crippen molar-refractivity contribution in [3.8, 4) is 0 Å². The molecule has 0 aliphatic carbocycles. The summed E-state index contributed by atoms with van der Waals surface area (Å²) in [5, 5.41) is 8.79. The van der Waals surface area contributed by atoms with E-state index in [0.29, 0.717) is 35.2 Å². The van der Waals surface area contributed by atoms with Gasteiger partial charge in [-0.05, 0) is 66.9 Å². The first-order valence-electron chi connectivity index (χ1n) is 12.3. The lowest BCUT2D eigenvalue weighted by molar-refractivity contribution is -0.137. The summed E-state index contributed by atoms with van der Waals surface area (Å²) in [5.41, 5.74) is 8.46. The fourth-order valence-electron chi connectivity index (χ4n) is 3.75. The Kier molecular flexibility index (Phi) is 8.57. The standard InChI is InChI=1S/C28H27F3N8O/c1-17-6-7-21(37-26(40)19-4-3-5-20(14-19)28(29,30)31)15-23(17)38-24(32)22-16-36-27(39-25(22)33-2)35-13-10-18-8-11-34-12-9-18/h3-9,11-12,14-16H,10,13H2,1-2H3,(H2,32,38)(H,37,40)(H2,33,35,36,39). The van der Waals surface area contributed by atoms with Gasteiger partial charge in [-0.1, -0.05) is 12.1 Å². The average Bonchev–Trinajstić information content (AvgIpc) is 2.95. The van der Waals surface area contributed by atoms with Crippen molar-refractivity contribution in [2.75, 3.05) is 29.5 Å². The molecule has 0 unspecified atom stereocenters. The van der Waals surface area contributed by atoms with Crippen molar-refractivity contribution in [3.05, 3.63) is 101 Å². The molecule has 4 rings (SSSR count). The number of amidine groups is 1. The monoisotopic (exact) mass is 548 g/mol. The van der Waals surface area contributed by atoms with E-state index in [1.807, 2.05) is 19.1 Å². The molecule has 4 aromatic rings. The predicted octanol–water partition coefficient (Wildman–Crippen LogP) is 5.18. The van der Waals surface area contributed by atoms with Gasteiger partial charge in [-0.2, -0.15) is 18.2 Å². The van der Waals surface area contributed by atoms with Gasteiger partial charge in [0.2, 0.25) is 5.95 Å². The highest BCUT2D eigenvalue weighted by Crippen LogP contribution is 2.30. The van der Waals surface area contributed by atoms with Gasteiger partial charge < -0.3 is 21.7 Å². The zero-order chi connectivity index (χ0) is 28.7. The molecule has 2 aromatic carbocycles. The van der Waals surface area contributed by atoms with E-state index in [1.54, 1.807) is 43.8 Å². The first-order valence-corrected chi connectivity index (χ1v) is 12.3. The molecule has 0 radical (unpaired) electrons. The van der Waals surface area contributed by atoms with Crippen LogP contribution in [-0.2, 0) is 12.6 Å². The van der Waals surface area contributed by atoms with E-state index in [-0.39, 0.29) is 11.4 Å². The first-order chi connectivity index (χ1) is 19.1. The zero-order valence-corrected chi connectivity index (χ0v) is 21.8. The van der Waals surface area contributed by atoms with Crippen molar-refractivity contribution < 1.29 is 18.0 Å². The maximum Gasteiger partial charge on any atom is 0.416 e. The molecule has 5 N–H and O–H groups in total. The minimum atomic E-state index is -4.55. The minimum Gasteiger partial charge on any atom is -0.383 e. The van der Waals surface area contributed by atoms with Crippen LogP contribution in [0.15, 0.2) is 78.2 Å². The Morgan fingerprint density at radius 3 is 2.58 bits per heavy atom. The summed E-state index contributed by atoms with van der Waals surface area (Å²) >= 11 is 0. The lowest BCUT2D eigenvalue weighted by atomic mass is 10.1. The van der Waals surface area contributed by atoms with E-state index in [2.05, 4.69) is 35.9 Å². The molecule has 12 heteroatoms. The molecule has 0 saturated carbocycles. The van der Waals surface area contributed by atoms with Crippen molar-refractivity contribution >= 4 is 34.9 Å². The van der Waals surface area contributed by atoms with E-state index in [0.717, 1.165) is 29.7 Å². The van der Waals surface area contributed by atoms with Crippen LogP contribution in [0.3, 0.4) is 0 Å². The Balaban J connectivity index is 1.49. The molecule has 1 amide bonds. The second-order valence-corrected chi connectivity index (χ2v) is 8.77. The highest BCUT2D eigenvalue weighted by atomic mass is 19.4. The Hall–Kier alpha value is -5.00. The maximum absolute atomic E-state index is 13.0. The van der Waals surface area contributed by atoms with Gasteiger partial charge in [0.15, 0.2) is 0 Å². The third-order valence-corrected chi connectivity index (χ3v) is 5.91. The van der Waals surface area contributed by atoms with Gasteiger partial charge in [0, 0.05) is 43.4 Å². The van der Waals surface area contributed by atoms with Gasteiger partial charge >= 0.3 is 6.18 Å². The summed E-state index contributed by atoms with van der Waals surface area (Å²) in [6.07, 6.45) is 1.25. The highest BCUT2D eigenvalue weighted by molar-refractivity contribution is 6.05. The van der Waals surface area contributed by atoms with Crippen LogP contribution in [0.25, 0.3) is 0 Å². The molecule has 0 fully saturated rings. The number of aryl methyl sites for hydroxylation is 1. The summed E-state index contributed by atoms with van der Waals surface area (Å²) in [6, 6.07) is 13.0. The number of anilines is 3. The average molecular weight is 549 g/mol. The molecule has 206 valence electrons. The third kappa shape index (κ3) is 7.10. The second kappa shape index (κ2) is 12.2. The van der Waals surface area contributed by atoms with Crippen molar-refractivity contribution in [2.24, 2.45) is 10.7 Å². The summed E-state index contributed by atoms with van der Waals surface area (Å²) in [4.78, 5) is 30.0. The van der Waals surface area contributed by atoms with Gasteiger partial charge in [-0.15, -0.1) is 0 Å².